The molecule has 92 valence electrons. The van der Waals surface area contributed by atoms with E-state index in [9.17, 15) is 4.79 Å². The predicted octanol–water partition coefficient (Wildman–Crippen LogP) is 1.92. The summed E-state index contributed by atoms with van der Waals surface area (Å²) in [6.45, 7) is 1.46. The molecule has 0 unspecified atom stereocenters. The fourth-order valence-corrected chi connectivity index (χ4v) is 1.97. The maximum Gasteiger partial charge on any atom is 0.264 e. The number of phenols is 1. The van der Waals surface area contributed by atoms with E-state index in [2.05, 4.69) is 0 Å². The third kappa shape index (κ3) is 2.69. The van der Waals surface area contributed by atoms with E-state index in [1.165, 1.54) is 12.1 Å². The standard InChI is InChI=1S/C14H14N2O2/c15-10-12(14(18)16-7-1-2-8-16)9-11-3-5-13(17)6-4-11/h3-6,9,17H,1-2,7-8H2/b12-9+. The number of likely N-dealkylation sites (tertiary alicyclic amines) is 1. The molecule has 1 fully saturated rings. The van der Waals surface area contributed by atoms with Crippen molar-refractivity contribution in [3.8, 4) is 11.8 Å². The Morgan fingerprint density at radius 2 is 1.89 bits per heavy atom. The molecule has 2 rings (SSSR count). The number of phenolic OH excluding ortho intramolecular Hbond substituents is 1. The van der Waals surface area contributed by atoms with Crippen LogP contribution in [-0.4, -0.2) is 29.0 Å². The number of carbonyl (C=O) groups excluding carboxylic acids is 1. The molecule has 1 aromatic carbocycles. The Balaban J connectivity index is 2.20. The average molecular weight is 242 g/mol. The highest BCUT2D eigenvalue weighted by atomic mass is 16.3. The van der Waals surface area contributed by atoms with Crippen molar-refractivity contribution >= 4 is 12.0 Å². The molecule has 4 heteroatoms. The van der Waals surface area contributed by atoms with Gasteiger partial charge in [0, 0.05) is 13.1 Å². The third-order valence-corrected chi connectivity index (χ3v) is 2.95. The van der Waals surface area contributed by atoms with Crippen LogP contribution in [0.25, 0.3) is 6.08 Å². The highest BCUT2D eigenvalue weighted by Crippen LogP contribution is 2.16. The summed E-state index contributed by atoms with van der Waals surface area (Å²) in [5, 5.41) is 18.2. The summed E-state index contributed by atoms with van der Waals surface area (Å²) in [6, 6.07) is 8.35. The molecular weight excluding hydrogens is 228 g/mol. The zero-order valence-electron chi connectivity index (χ0n) is 9.97. The second-order valence-electron chi connectivity index (χ2n) is 4.26. The SMILES string of the molecule is N#C/C(=C\c1ccc(O)cc1)C(=O)N1CCCC1. The number of amides is 1. The van der Waals surface area contributed by atoms with Gasteiger partial charge in [-0.15, -0.1) is 0 Å². The van der Waals surface area contributed by atoms with E-state index >= 15 is 0 Å². The number of nitriles is 1. The van der Waals surface area contributed by atoms with Crippen LogP contribution in [0.2, 0.25) is 0 Å². The van der Waals surface area contributed by atoms with Gasteiger partial charge in [-0.05, 0) is 36.6 Å². The van der Waals surface area contributed by atoms with Crippen LogP contribution in [0, 0.1) is 11.3 Å². The Morgan fingerprint density at radius 3 is 2.44 bits per heavy atom. The minimum absolute atomic E-state index is 0.141. The average Bonchev–Trinajstić information content (AvgIpc) is 2.91. The van der Waals surface area contributed by atoms with Crippen LogP contribution in [0.3, 0.4) is 0 Å². The summed E-state index contributed by atoms with van der Waals surface area (Å²) >= 11 is 0. The van der Waals surface area contributed by atoms with E-state index in [0.717, 1.165) is 31.5 Å². The van der Waals surface area contributed by atoms with Crippen molar-refractivity contribution < 1.29 is 9.90 Å². The molecule has 0 saturated carbocycles. The Labute approximate surface area is 106 Å². The topological polar surface area (TPSA) is 64.3 Å². The Morgan fingerprint density at radius 1 is 1.28 bits per heavy atom. The number of aromatic hydroxyl groups is 1. The molecule has 0 aromatic heterocycles. The van der Waals surface area contributed by atoms with Crippen molar-refractivity contribution in [2.45, 2.75) is 12.8 Å². The van der Waals surface area contributed by atoms with Crippen LogP contribution in [-0.2, 0) is 4.79 Å². The molecule has 1 amide bonds. The number of benzene rings is 1. The van der Waals surface area contributed by atoms with Gasteiger partial charge in [0.15, 0.2) is 0 Å². The van der Waals surface area contributed by atoms with Gasteiger partial charge in [0.05, 0.1) is 0 Å². The van der Waals surface area contributed by atoms with Crippen molar-refractivity contribution in [1.82, 2.24) is 4.90 Å². The summed E-state index contributed by atoms with van der Waals surface area (Å²) in [6.07, 6.45) is 3.56. The molecule has 0 atom stereocenters. The predicted molar refractivity (Wildman–Crippen MR) is 67.5 cm³/mol. The van der Waals surface area contributed by atoms with E-state index in [1.54, 1.807) is 23.1 Å². The summed E-state index contributed by atoms with van der Waals surface area (Å²) < 4.78 is 0. The molecule has 0 aliphatic carbocycles. The molecular formula is C14H14N2O2. The van der Waals surface area contributed by atoms with Crippen molar-refractivity contribution in [3.05, 3.63) is 35.4 Å². The Bertz CT molecular complexity index is 506. The van der Waals surface area contributed by atoms with E-state index < -0.39 is 0 Å². The van der Waals surface area contributed by atoms with E-state index in [1.807, 2.05) is 6.07 Å². The quantitative estimate of drug-likeness (QED) is 0.636. The van der Waals surface area contributed by atoms with Gasteiger partial charge >= 0.3 is 0 Å². The number of hydrogen-bond donors (Lipinski definition) is 1. The lowest BCUT2D eigenvalue weighted by atomic mass is 10.1. The first-order valence-electron chi connectivity index (χ1n) is 5.91. The van der Waals surface area contributed by atoms with E-state index in [-0.39, 0.29) is 17.2 Å². The highest BCUT2D eigenvalue weighted by molar-refractivity contribution is 6.01. The van der Waals surface area contributed by atoms with Gasteiger partial charge in [0.25, 0.3) is 5.91 Å². The van der Waals surface area contributed by atoms with Crippen molar-refractivity contribution in [3.63, 3.8) is 0 Å². The van der Waals surface area contributed by atoms with Crippen LogP contribution < -0.4 is 0 Å². The van der Waals surface area contributed by atoms with Gasteiger partial charge < -0.3 is 10.0 Å². The van der Waals surface area contributed by atoms with Crippen LogP contribution in [0.5, 0.6) is 5.75 Å². The first-order valence-corrected chi connectivity index (χ1v) is 5.91. The van der Waals surface area contributed by atoms with Gasteiger partial charge in [0.1, 0.15) is 17.4 Å². The summed E-state index contributed by atoms with van der Waals surface area (Å²) in [5.41, 5.74) is 0.875. The molecule has 4 nitrogen and oxygen atoms in total. The smallest absolute Gasteiger partial charge is 0.264 e. The first kappa shape index (κ1) is 12.2. The zero-order chi connectivity index (χ0) is 13.0. The van der Waals surface area contributed by atoms with Crippen LogP contribution >= 0.6 is 0 Å². The summed E-state index contributed by atoms with van der Waals surface area (Å²) in [7, 11) is 0. The van der Waals surface area contributed by atoms with Crippen LogP contribution in [0.1, 0.15) is 18.4 Å². The molecule has 1 aliphatic heterocycles. The lowest BCUT2D eigenvalue weighted by molar-refractivity contribution is -0.125. The maximum absolute atomic E-state index is 12.0. The van der Waals surface area contributed by atoms with Gasteiger partial charge in [-0.3, -0.25) is 4.79 Å². The van der Waals surface area contributed by atoms with Gasteiger partial charge in [0.2, 0.25) is 0 Å². The van der Waals surface area contributed by atoms with Gasteiger partial charge in [-0.2, -0.15) is 5.26 Å². The molecule has 0 radical (unpaired) electrons. The molecule has 18 heavy (non-hydrogen) atoms. The van der Waals surface area contributed by atoms with Crippen molar-refractivity contribution in [2.24, 2.45) is 0 Å². The third-order valence-electron chi connectivity index (χ3n) is 2.95. The van der Waals surface area contributed by atoms with Gasteiger partial charge in [-0.25, -0.2) is 0 Å². The monoisotopic (exact) mass is 242 g/mol. The normalized spacial score (nSPS) is 15.5. The number of rotatable bonds is 2. The lowest BCUT2D eigenvalue weighted by Crippen LogP contribution is -2.28. The van der Waals surface area contributed by atoms with Crippen LogP contribution in [0.4, 0.5) is 0 Å². The Kier molecular flexibility index (Phi) is 3.63. The number of carbonyl (C=O) groups is 1. The van der Waals surface area contributed by atoms with E-state index in [4.69, 9.17) is 10.4 Å². The first-order chi connectivity index (χ1) is 8.70. The minimum Gasteiger partial charge on any atom is -0.508 e. The second kappa shape index (κ2) is 5.37. The van der Waals surface area contributed by atoms with Crippen LogP contribution in [0.15, 0.2) is 29.8 Å². The minimum atomic E-state index is -0.205. The molecule has 1 aromatic rings. The lowest BCUT2D eigenvalue weighted by Gasteiger charge is -2.13. The molecule has 1 heterocycles. The summed E-state index contributed by atoms with van der Waals surface area (Å²) in [4.78, 5) is 13.7. The molecule has 0 bridgehead atoms. The highest BCUT2D eigenvalue weighted by Gasteiger charge is 2.21. The van der Waals surface area contributed by atoms with Gasteiger partial charge in [-0.1, -0.05) is 12.1 Å². The Hall–Kier alpha value is -2.28. The van der Waals surface area contributed by atoms with Crippen molar-refractivity contribution in [1.29, 1.82) is 5.26 Å². The number of hydrogen-bond acceptors (Lipinski definition) is 3. The fraction of sp³-hybridized carbons (Fsp3) is 0.286. The zero-order valence-corrected chi connectivity index (χ0v) is 9.97. The maximum atomic E-state index is 12.0. The molecule has 1 N–H and O–H groups in total. The molecule has 1 saturated heterocycles. The molecule has 1 aliphatic rings. The largest absolute Gasteiger partial charge is 0.508 e. The summed E-state index contributed by atoms with van der Waals surface area (Å²) in [5.74, 6) is -0.0420. The fourth-order valence-electron chi connectivity index (χ4n) is 1.97. The number of nitrogens with zero attached hydrogens (tertiary/aromatic N) is 2. The van der Waals surface area contributed by atoms with Crippen molar-refractivity contribution in [2.75, 3.05) is 13.1 Å². The second-order valence-corrected chi connectivity index (χ2v) is 4.26. The molecule has 0 spiro atoms. The van der Waals surface area contributed by atoms with E-state index in [0.29, 0.717) is 0 Å².